The molecule has 2 heterocycles. The van der Waals surface area contributed by atoms with E-state index in [2.05, 4.69) is 9.97 Å². The highest BCUT2D eigenvalue weighted by molar-refractivity contribution is 7.18. The van der Waals surface area contributed by atoms with E-state index in [1.54, 1.807) is 0 Å². The van der Waals surface area contributed by atoms with Crippen LogP contribution in [0.15, 0.2) is 35.1 Å². The number of H-pyrrole nitrogens is 1. The normalized spacial score (nSPS) is 13.8. The van der Waals surface area contributed by atoms with Crippen molar-refractivity contribution in [2.24, 2.45) is 5.73 Å². The molecule has 0 unspecified atom stereocenters. The number of carboxylic acid groups (broad SMARTS) is 1. The molecule has 130 valence electrons. The summed E-state index contributed by atoms with van der Waals surface area (Å²) in [7, 11) is 0. The minimum atomic E-state index is -1.20. The average molecular weight is 357 g/mol. The topological polar surface area (TPSA) is 109 Å². The number of hydrogen-bond acceptors (Lipinski definition) is 5. The number of benzene rings is 1. The Kier molecular flexibility index (Phi) is 4.96. The van der Waals surface area contributed by atoms with Crippen LogP contribution in [0.2, 0.25) is 0 Å². The molecule has 2 aromatic heterocycles. The second-order valence-corrected chi connectivity index (χ2v) is 7.04. The molecule has 1 aliphatic carbocycles. The van der Waals surface area contributed by atoms with Crippen molar-refractivity contribution >= 4 is 27.5 Å². The SMILES string of the molecule is C[C@H](N)c1ccccc1.O=C(O)c1nc2sc3c(c2c(=O)[nH]1)CCC3. The summed E-state index contributed by atoms with van der Waals surface area (Å²) < 4.78 is 0. The molecule has 1 aliphatic rings. The summed E-state index contributed by atoms with van der Waals surface area (Å²) in [5, 5.41) is 9.37. The molecule has 0 amide bonds. The number of nitrogens with one attached hydrogen (secondary N) is 1. The molecule has 3 aromatic rings. The third kappa shape index (κ3) is 3.62. The number of carboxylic acids is 1. The van der Waals surface area contributed by atoms with E-state index in [0.29, 0.717) is 10.2 Å². The first-order valence-electron chi connectivity index (χ1n) is 8.05. The molecule has 1 aromatic carbocycles. The Bertz CT molecular complexity index is 961. The fraction of sp³-hybridized carbons (Fsp3) is 0.278. The minimum absolute atomic E-state index is 0.159. The molecule has 4 N–H and O–H groups in total. The van der Waals surface area contributed by atoms with Crippen LogP contribution in [-0.4, -0.2) is 21.0 Å². The van der Waals surface area contributed by atoms with Crippen LogP contribution in [0.25, 0.3) is 10.2 Å². The van der Waals surface area contributed by atoms with Crippen LogP contribution < -0.4 is 11.3 Å². The second-order valence-electron chi connectivity index (χ2n) is 5.96. The maximum atomic E-state index is 11.8. The number of nitrogens with two attached hydrogens (primary N) is 1. The number of aromatic carboxylic acids is 1. The number of hydrogen-bond donors (Lipinski definition) is 3. The van der Waals surface area contributed by atoms with Crippen LogP contribution in [0, 0.1) is 0 Å². The highest BCUT2D eigenvalue weighted by atomic mass is 32.1. The van der Waals surface area contributed by atoms with Gasteiger partial charge in [0.1, 0.15) is 4.83 Å². The number of aromatic amines is 1. The summed E-state index contributed by atoms with van der Waals surface area (Å²) in [5.41, 5.74) is 7.53. The zero-order valence-corrected chi connectivity index (χ0v) is 14.6. The van der Waals surface area contributed by atoms with Crippen LogP contribution in [0.4, 0.5) is 0 Å². The molecular formula is C18H19N3O3S. The van der Waals surface area contributed by atoms with Gasteiger partial charge >= 0.3 is 5.97 Å². The lowest BCUT2D eigenvalue weighted by molar-refractivity contribution is 0.0683. The summed E-state index contributed by atoms with van der Waals surface area (Å²) in [6.07, 6.45) is 2.93. The average Bonchev–Trinajstić information content (AvgIpc) is 3.16. The Morgan fingerprint density at radius 2 is 2.04 bits per heavy atom. The first-order valence-corrected chi connectivity index (χ1v) is 8.87. The van der Waals surface area contributed by atoms with E-state index < -0.39 is 5.97 Å². The number of rotatable bonds is 2. The summed E-state index contributed by atoms with van der Waals surface area (Å²) in [5.74, 6) is -1.48. The van der Waals surface area contributed by atoms with Gasteiger partial charge in [0.2, 0.25) is 5.82 Å². The molecule has 0 fully saturated rings. The Hall–Kier alpha value is -2.51. The van der Waals surface area contributed by atoms with Crippen LogP contribution in [0.5, 0.6) is 0 Å². The standard InChI is InChI=1S/C10H8N2O3S.C8H11N/c13-8-6-4-2-1-3-5(4)16-9(6)12-7(11-8)10(14)15;1-7(9)8-5-3-2-4-6-8/h1-3H2,(H,14,15)(H,11,12,13);2-7H,9H2,1H3/t;7-/m.0/s1. The molecule has 25 heavy (non-hydrogen) atoms. The lowest BCUT2D eigenvalue weighted by atomic mass is 10.1. The summed E-state index contributed by atoms with van der Waals surface area (Å²) >= 11 is 1.44. The van der Waals surface area contributed by atoms with Gasteiger partial charge in [0.05, 0.1) is 5.39 Å². The van der Waals surface area contributed by atoms with Crippen molar-refractivity contribution < 1.29 is 9.90 Å². The van der Waals surface area contributed by atoms with Crippen molar-refractivity contribution in [3.05, 3.63) is 62.5 Å². The molecule has 0 bridgehead atoms. The van der Waals surface area contributed by atoms with Crippen molar-refractivity contribution in [1.29, 1.82) is 0 Å². The van der Waals surface area contributed by atoms with Crippen molar-refractivity contribution in [2.75, 3.05) is 0 Å². The highest BCUT2D eigenvalue weighted by Gasteiger charge is 2.22. The van der Waals surface area contributed by atoms with E-state index in [1.807, 2.05) is 37.3 Å². The molecule has 0 saturated heterocycles. The van der Waals surface area contributed by atoms with Crippen LogP contribution >= 0.6 is 11.3 Å². The molecule has 0 spiro atoms. The lowest BCUT2D eigenvalue weighted by Gasteiger charge is -2.02. The van der Waals surface area contributed by atoms with E-state index >= 15 is 0 Å². The number of aryl methyl sites for hydroxylation is 2. The maximum Gasteiger partial charge on any atom is 0.372 e. The van der Waals surface area contributed by atoms with Crippen LogP contribution in [0.3, 0.4) is 0 Å². The van der Waals surface area contributed by atoms with Crippen molar-refractivity contribution in [1.82, 2.24) is 9.97 Å². The van der Waals surface area contributed by atoms with Crippen LogP contribution in [-0.2, 0) is 12.8 Å². The third-order valence-electron chi connectivity index (χ3n) is 4.10. The van der Waals surface area contributed by atoms with E-state index in [-0.39, 0.29) is 17.4 Å². The number of fused-ring (bicyclic) bond motifs is 3. The number of carbonyl (C=O) groups is 1. The van der Waals surface area contributed by atoms with E-state index in [4.69, 9.17) is 10.8 Å². The van der Waals surface area contributed by atoms with E-state index in [9.17, 15) is 9.59 Å². The van der Waals surface area contributed by atoms with Gasteiger partial charge in [-0.05, 0) is 37.3 Å². The van der Waals surface area contributed by atoms with E-state index in [1.165, 1.54) is 21.8 Å². The molecule has 4 rings (SSSR count). The summed E-state index contributed by atoms with van der Waals surface area (Å²) in [6.45, 7) is 1.98. The fourth-order valence-electron chi connectivity index (χ4n) is 2.86. The lowest BCUT2D eigenvalue weighted by Crippen LogP contribution is -2.15. The molecule has 6 nitrogen and oxygen atoms in total. The second kappa shape index (κ2) is 7.16. The van der Waals surface area contributed by atoms with Crippen LogP contribution in [0.1, 0.15) is 46.0 Å². The van der Waals surface area contributed by atoms with Gasteiger partial charge in [-0.1, -0.05) is 30.3 Å². The fourth-order valence-corrected chi connectivity index (χ4v) is 4.12. The zero-order chi connectivity index (χ0) is 18.0. The quantitative estimate of drug-likeness (QED) is 0.653. The molecule has 7 heteroatoms. The first kappa shape index (κ1) is 17.3. The molecule has 0 aliphatic heterocycles. The predicted octanol–water partition coefficient (Wildman–Crippen LogP) is 2.88. The Balaban J connectivity index is 0.000000173. The highest BCUT2D eigenvalue weighted by Crippen LogP contribution is 2.34. The predicted molar refractivity (Wildman–Crippen MR) is 98.3 cm³/mol. The summed E-state index contributed by atoms with van der Waals surface area (Å²) in [4.78, 5) is 30.5. The van der Waals surface area contributed by atoms with Gasteiger partial charge in [-0.15, -0.1) is 11.3 Å². The molecule has 0 radical (unpaired) electrons. The van der Waals surface area contributed by atoms with Gasteiger partial charge in [-0.2, -0.15) is 0 Å². The summed E-state index contributed by atoms with van der Waals surface area (Å²) in [6, 6.07) is 10.2. The first-order chi connectivity index (χ1) is 12.0. The van der Waals surface area contributed by atoms with Gasteiger partial charge < -0.3 is 15.8 Å². The number of nitrogens with zero attached hydrogens (tertiary/aromatic N) is 1. The monoisotopic (exact) mass is 357 g/mol. The molecular weight excluding hydrogens is 338 g/mol. The zero-order valence-electron chi connectivity index (χ0n) is 13.8. The van der Waals surface area contributed by atoms with Crippen molar-refractivity contribution in [3.63, 3.8) is 0 Å². The number of aromatic nitrogens is 2. The van der Waals surface area contributed by atoms with Gasteiger partial charge in [0.15, 0.2) is 0 Å². The van der Waals surface area contributed by atoms with Gasteiger partial charge in [-0.3, -0.25) is 4.79 Å². The van der Waals surface area contributed by atoms with Crippen molar-refractivity contribution in [2.45, 2.75) is 32.2 Å². The van der Waals surface area contributed by atoms with Crippen molar-refractivity contribution in [3.8, 4) is 0 Å². The van der Waals surface area contributed by atoms with E-state index in [0.717, 1.165) is 24.8 Å². The van der Waals surface area contributed by atoms with Gasteiger partial charge in [0.25, 0.3) is 5.56 Å². The Morgan fingerprint density at radius 1 is 1.32 bits per heavy atom. The van der Waals surface area contributed by atoms with Gasteiger partial charge in [-0.25, -0.2) is 9.78 Å². The van der Waals surface area contributed by atoms with Gasteiger partial charge in [0, 0.05) is 10.9 Å². The third-order valence-corrected chi connectivity index (χ3v) is 5.29. The smallest absolute Gasteiger partial charge is 0.372 e. The molecule has 1 atom stereocenters. The number of thiophene rings is 1. The Morgan fingerprint density at radius 3 is 2.64 bits per heavy atom. The maximum absolute atomic E-state index is 11.8. The molecule has 0 saturated carbocycles. The Labute approximate surface area is 148 Å². The minimum Gasteiger partial charge on any atom is -0.475 e. The largest absolute Gasteiger partial charge is 0.475 e.